The van der Waals surface area contributed by atoms with Gasteiger partial charge in [0.15, 0.2) is 0 Å². The maximum Gasteiger partial charge on any atom is 0.228 e. The molecule has 1 aliphatic heterocycles. The van der Waals surface area contributed by atoms with Crippen LogP contribution in [-0.2, 0) is 4.79 Å². The van der Waals surface area contributed by atoms with Crippen LogP contribution in [0.5, 0.6) is 0 Å². The lowest BCUT2D eigenvalue weighted by Crippen LogP contribution is -2.64. The molecule has 1 saturated heterocycles. The van der Waals surface area contributed by atoms with Crippen molar-refractivity contribution in [3.8, 4) is 6.07 Å². The van der Waals surface area contributed by atoms with Crippen molar-refractivity contribution < 1.29 is 4.79 Å². The Hall–Kier alpha value is -2.40. The van der Waals surface area contributed by atoms with Crippen molar-refractivity contribution in [2.24, 2.45) is 5.92 Å². The summed E-state index contributed by atoms with van der Waals surface area (Å²) in [5, 5.41) is 13.7. The van der Waals surface area contributed by atoms with Crippen molar-refractivity contribution in [1.29, 1.82) is 5.26 Å². The molecule has 1 amide bonds. The van der Waals surface area contributed by atoms with E-state index in [0.717, 1.165) is 78.0 Å². The lowest BCUT2D eigenvalue weighted by molar-refractivity contribution is -0.137. The maximum absolute atomic E-state index is 12.5. The number of halogens is 1. The van der Waals surface area contributed by atoms with Crippen LogP contribution in [0.4, 0.5) is 11.8 Å². The Labute approximate surface area is 210 Å². The number of hydrogen-bond acceptors (Lipinski definition) is 6. The summed E-state index contributed by atoms with van der Waals surface area (Å²) in [4.78, 5) is 27.0. The van der Waals surface area contributed by atoms with E-state index in [0.29, 0.717) is 18.4 Å². The topological polar surface area (TPSA) is 85.2 Å². The molecule has 3 aliphatic rings. The summed E-state index contributed by atoms with van der Waals surface area (Å²) in [6.07, 6.45) is 8.32. The highest BCUT2D eigenvalue weighted by molar-refractivity contribution is 9.10. The van der Waals surface area contributed by atoms with Gasteiger partial charge in [-0.3, -0.25) is 4.79 Å². The number of nitriles is 1. The quantitative estimate of drug-likeness (QED) is 0.593. The molecular formula is C26H33BrN6O. The van der Waals surface area contributed by atoms with E-state index in [1.807, 2.05) is 0 Å². The third-order valence-corrected chi connectivity index (χ3v) is 8.46. The lowest BCUT2D eigenvalue weighted by atomic mass is 9.78. The Kier molecular flexibility index (Phi) is 6.41. The van der Waals surface area contributed by atoms with Gasteiger partial charge >= 0.3 is 0 Å². The molecule has 1 spiro atoms. The van der Waals surface area contributed by atoms with Gasteiger partial charge in [0.1, 0.15) is 5.82 Å². The summed E-state index contributed by atoms with van der Waals surface area (Å²) in [5.74, 6) is 2.29. The SMILES string of the molecule is CC(=O)N1CCN(c2nc(NC3CC(CC#N)C3)c3cc(Br)cc(C)c3n2)CC12CCCCC2. The first kappa shape index (κ1) is 23.3. The van der Waals surface area contributed by atoms with E-state index in [9.17, 15) is 4.79 Å². The zero-order valence-electron chi connectivity index (χ0n) is 20.1. The average molecular weight is 525 g/mol. The van der Waals surface area contributed by atoms with E-state index >= 15 is 0 Å². The maximum atomic E-state index is 12.5. The van der Waals surface area contributed by atoms with Crippen molar-refractivity contribution in [1.82, 2.24) is 14.9 Å². The monoisotopic (exact) mass is 524 g/mol. The van der Waals surface area contributed by atoms with Gasteiger partial charge in [0.25, 0.3) is 0 Å². The van der Waals surface area contributed by atoms with Gasteiger partial charge in [0, 0.05) is 48.9 Å². The number of carbonyl (C=O) groups excluding carboxylic acids is 1. The molecule has 0 bridgehead atoms. The first-order valence-electron chi connectivity index (χ1n) is 12.5. The van der Waals surface area contributed by atoms with Crippen LogP contribution in [0.3, 0.4) is 0 Å². The van der Waals surface area contributed by atoms with E-state index in [1.54, 1.807) is 6.92 Å². The summed E-state index contributed by atoms with van der Waals surface area (Å²) in [7, 11) is 0. The molecule has 2 heterocycles. The van der Waals surface area contributed by atoms with Gasteiger partial charge in [-0.15, -0.1) is 0 Å². The molecule has 1 aromatic carbocycles. The molecule has 2 saturated carbocycles. The normalized spacial score (nSPS) is 24.1. The van der Waals surface area contributed by atoms with Crippen LogP contribution in [0.25, 0.3) is 10.9 Å². The minimum absolute atomic E-state index is 0.110. The van der Waals surface area contributed by atoms with Crippen molar-refractivity contribution >= 4 is 44.5 Å². The van der Waals surface area contributed by atoms with E-state index < -0.39 is 0 Å². The van der Waals surface area contributed by atoms with Gasteiger partial charge in [-0.25, -0.2) is 4.98 Å². The lowest BCUT2D eigenvalue weighted by Gasteiger charge is -2.52. The molecular weight excluding hydrogens is 492 g/mol. The number of piperazine rings is 1. The van der Waals surface area contributed by atoms with Crippen LogP contribution >= 0.6 is 15.9 Å². The Morgan fingerprint density at radius 3 is 2.71 bits per heavy atom. The highest BCUT2D eigenvalue weighted by Gasteiger charge is 2.44. The number of nitrogens with zero attached hydrogens (tertiary/aromatic N) is 5. The van der Waals surface area contributed by atoms with Gasteiger partial charge in [0.05, 0.1) is 17.1 Å². The molecule has 2 aromatic rings. The zero-order valence-corrected chi connectivity index (χ0v) is 21.7. The van der Waals surface area contributed by atoms with Crippen LogP contribution in [0.1, 0.15) is 63.9 Å². The summed E-state index contributed by atoms with van der Waals surface area (Å²) in [6.45, 7) is 6.06. The van der Waals surface area contributed by atoms with Gasteiger partial charge in [-0.05, 0) is 56.2 Å². The molecule has 8 heteroatoms. The first-order chi connectivity index (χ1) is 16.4. The van der Waals surface area contributed by atoms with Crippen LogP contribution in [0, 0.1) is 24.2 Å². The molecule has 0 radical (unpaired) electrons. The van der Waals surface area contributed by atoms with Gasteiger partial charge in [-0.1, -0.05) is 35.2 Å². The van der Waals surface area contributed by atoms with Crippen molar-refractivity contribution in [3.63, 3.8) is 0 Å². The van der Waals surface area contributed by atoms with Crippen LogP contribution in [0.15, 0.2) is 16.6 Å². The first-order valence-corrected chi connectivity index (χ1v) is 13.3. The summed E-state index contributed by atoms with van der Waals surface area (Å²) in [6, 6.07) is 6.83. The standard InChI is InChI=1S/C26H33BrN6O/c1-17-12-20(27)15-22-23(17)30-25(31-24(22)29-21-13-19(14-21)6-9-28)32-10-11-33(18(2)34)26(16-32)7-4-3-5-8-26/h12,15,19,21H,3-8,10-11,13-14,16H2,1-2H3,(H,29,30,31). The average Bonchev–Trinajstić information content (AvgIpc) is 2.78. The molecule has 1 N–H and O–H groups in total. The Morgan fingerprint density at radius 2 is 2.00 bits per heavy atom. The van der Waals surface area contributed by atoms with E-state index in [4.69, 9.17) is 15.2 Å². The van der Waals surface area contributed by atoms with Crippen molar-refractivity contribution in [2.75, 3.05) is 29.9 Å². The van der Waals surface area contributed by atoms with E-state index in [1.165, 1.54) is 19.3 Å². The van der Waals surface area contributed by atoms with Crippen LogP contribution in [0.2, 0.25) is 0 Å². The number of rotatable bonds is 4. The molecule has 2 aliphatic carbocycles. The fourth-order valence-corrected chi connectivity index (χ4v) is 6.79. The Balaban J connectivity index is 1.48. The van der Waals surface area contributed by atoms with Crippen molar-refractivity contribution in [3.05, 3.63) is 22.2 Å². The van der Waals surface area contributed by atoms with Gasteiger partial charge < -0.3 is 15.1 Å². The van der Waals surface area contributed by atoms with E-state index in [2.05, 4.69) is 56.2 Å². The number of anilines is 2. The minimum atomic E-state index is -0.110. The zero-order chi connectivity index (χ0) is 23.9. The Bertz CT molecular complexity index is 1130. The Morgan fingerprint density at radius 1 is 1.24 bits per heavy atom. The number of fused-ring (bicyclic) bond motifs is 1. The summed E-state index contributed by atoms with van der Waals surface area (Å²) < 4.78 is 1.02. The third kappa shape index (κ3) is 4.35. The van der Waals surface area contributed by atoms with Crippen molar-refractivity contribution in [2.45, 2.75) is 76.8 Å². The highest BCUT2D eigenvalue weighted by atomic mass is 79.9. The number of carbonyl (C=O) groups is 1. The predicted octanol–water partition coefficient (Wildman–Crippen LogP) is 5.18. The second-order valence-corrected chi connectivity index (χ2v) is 11.3. The molecule has 3 fully saturated rings. The number of benzene rings is 1. The number of nitrogens with one attached hydrogen (secondary N) is 1. The minimum Gasteiger partial charge on any atom is -0.367 e. The number of hydrogen-bond donors (Lipinski definition) is 1. The third-order valence-electron chi connectivity index (χ3n) is 8.00. The highest BCUT2D eigenvalue weighted by Crippen LogP contribution is 2.39. The molecule has 7 nitrogen and oxygen atoms in total. The smallest absolute Gasteiger partial charge is 0.228 e. The fraction of sp³-hybridized carbons (Fsp3) is 0.615. The molecule has 34 heavy (non-hydrogen) atoms. The summed E-state index contributed by atoms with van der Waals surface area (Å²) >= 11 is 3.64. The number of amides is 1. The molecule has 1 aromatic heterocycles. The van der Waals surface area contributed by atoms with Crippen LogP contribution in [-0.4, -0.2) is 52.0 Å². The number of aryl methyl sites for hydroxylation is 1. The second-order valence-electron chi connectivity index (χ2n) is 10.4. The largest absolute Gasteiger partial charge is 0.367 e. The molecule has 0 unspecified atom stereocenters. The second kappa shape index (κ2) is 9.33. The fourth-order valence-electron chi connectivity index (χ4n) is 6.22. The van der Waals surface area contributed by atoms with Gasteiger partial charge in [-0.2, -0.15) is 10.2 Å². The predicted molar refractivity (Wildman–Crippen MR) is 138 cm³/mol. The van der Waals surface area contributed by atoms with Crippen LogP contribution < -0.4 is 10.2 Å². The summed E-state index contributed by atoms with van der Waals surface area (Å²) in [5.41, 5.74) is 1.97. The van der Waals surface area contributed by atoms with E-state index in [-0.39, 0.29) is 11.4 Å². The molecule has 180 valence electrons. The molecule has 5 rings (SSSR count). The van der Waals surface area contributed by atoms with Gasteiger partial charge in [0.2, 0.25) is 11.9 Å². The number of aromatic nitrogens is 2. The molecule has 0 atom stereocenters.